The molecule has 0 saturated carbocycles. The SMILES string of the molecule is Cc1nn(Cc2cn3ccccc3n2)c(C)c1S(=O)(=O)N(C)Cc1ccco1. The number of aryl methyl sites for hydroxylation is 1. The second-order valence-electron chi connectivity index (χ2n) is 6.70. The molecule has 4 heterocycles. The zero-order valence-electron chi connectivity index (χ0n) is 15.9. The molecule has 4 aromatic heterocycles. The van der Waals surface area contributed by atoms with E-state index in [4.69, 9.17) is 4.42 Å². The van der Waals surface area contributed by atoms with Crippen molar-refractivity contribution in [2.45, 2.75) is 31.8 Å². The van der Waals surface area contributed by atoms with Crippen molar-refractivity contribution in [2.75, 3.05) is 7.05 Å². The van der Waals surface area contributed by atoms with Crippen molar-refractivity contribution in [3.63, 3.8) is 0 Å². The first-order valence-corrected chi connectivity index (χ1v) is 10.3. The van der Waals surface area contributed by atoms with Crippen LogP contribution in [0.25, 0.3) is 5.65 Å². The van der Waals surface area contributed by atoms with Crippen molar-refractivity contribution in [3.8, 4) is 0 Å². The van der Waals surface area contributed by atoms with Crippen LogP contribution in [0.4, 0.5) is 0 Å². The minimum atomic E-state index is -3.71. The lowest BCUT2D eigenvalue weighted by molar-refractivity contribution is 0.406. The molecule has 0 radical (unpaired) electrons. The highest BCUT2D eigenvalue weighted by atomic mass is 32.2. The van der Waals surface area contributed by atoms with Crippen LogP contribution in [-0.2, 0) is 23.1 Å². The van der Waals surface area contributed by atoms with Crippen LogP contribution in [0.5, 0.6) is 0 Å². The molecule has 0 amide bonds. The Bertz CT molecular complexity index is 1190. The largest absolute Gasteiger partial charge is 0.468 e. The fourth-order valence-corrected chi connectivity index (χ4v) is 4.79. The van der Waals surface area contributed by atoms with Gasteiger partial charge in [0.05, 0.1) is 36.4 Å². The van der Waals surface area contributed by atoms with Crippen LogP contribution in [0.15, 0.2) is 58.3 Å². The van der Waals surface area contributed by atoms with E-state index in [1.165, 1.54) is 17.6 Å². The van der Waals surface area contributed by atoms with Gasteiger partial charge >= 0.3 is 0 Å². The lowest BCUT2D eigenvalue weighted by Crippen LogP contribution is -2.27. The van der Waals surface area contributed by atoms with E-state index in [0.717, 1.165) is 11.3 Å². The summed E-state index contributed by atoms with van der Waals surface area (Å²) in [6, 6.07) is 9.26. The van der Waals surface area contributed by atoms with E-state index in [1.54, 1.807) is 30.7 Å². The van der Waals surface area contributed by atoms with Gasteiger partial charge in [0.15, 0.2) is 0 Å². The third-order valence-corrected chi connectivity index (χ3v) is 6.72. The molecule has 8 nitrogen and oxygen atoms in total. The van der Waals surface area contributed by atoms with Crippen LogP contribution in [-0.4, -0.2) is 38.9 Å². The highest BCUT2D eigenvalue weighted by Crippen LogP contribution is 2.24. The first-order valence-electron chi connectivity index (χ1n) is 8.81. The molecule has 0 fully saturated rings. The number of pyridine rings is 1. The highest BCUT2D eigenvalue weighted by molar-refractivity contribution is 7.89. The van der Waals surface area contributed by atoms with E-state index in [2.05, 4.69) is 10.1 Å². The summed E-state index contributed by atoms with van der Waals surface area (Å²) in [6.45, 7) is 4.03. The molecule has 0 atom stereocenters. The van der Waals surface area contributed by atoms with E-state index in [-0.39, 0.29) is 11.4 Å². The summed E-state index contributed by atoms with van der Waals surface area (Å²) in [5.74, 6) is 0.582. The number of sulfonamides is 1. The lowest BCUT2D eigenvalue weighted by atomic mass is 10.4. The molecule has 4 aromatic rings. The quantitative estimate of drug-likeness (QED) is 0.497. The molecule has 9 heteroatoms. The van der Waals surface area contributed by atoms with Gasteiger partial charge in [-0.05, 0) is 38.1 Å². The van der Waals surface area contributed by atoms with Crippen molar-refractivity contribution in [1.29, 1.82) is 0 Å². The molecule has 0 aliphatic rings. The molecule has 0 bridgehead atoms. The summed E-state index contributed by atoms with van der Waals surface area (Å²) in [6.07, 6.45) is 5.37. The molecule has 0 N–H and O–H groups in total. The Labute approximate surface area is 163 Å². The third-order valence-electron chi connectivity index (χ3n) is 4.67. The summed E-state index contributed by atoms with van der Waals surface area (Å²) in [5.41, 5.74) is 2.70. The second-order valence-corrected chi connectivity index (χ2v) is 8.68. The molecule has 0 aliphatic carbocycles. The van der Waals surface area contributed by atoms with Gasteiger partial charge in [0, 0.05) is 19.4 Å². The average molecular weight is 399 g/mol. The van der Waals surface area contributed by atoms with Crippen LogP contribution in [0.3, 0.4) is 0 Å². The second kappa shape index (κ2) is 6.92. The summed E-state index contributed by atoms with van der Waals surface area (Å²) in [5, 5.41) is 4.46. The Balaban J connectivity index is 1.64. The third kappa shape index (κ3) is 3.23. The fraction of sp³-hybridized carbons (Fsp3) is 0.263. The molecule has 4 rings (SSSR count). The van der Waals surface area contributed by atoms with E-state index in [9.17, 15) is 8.42 Å². The minimum absolute atomic E-state index is 0.159. The predicted molar refractivity (Wildman–Crippen MR) is 103 cm³/mol. The van der Waals surface area contributed by atoms with E-state index >= 15 is 0 Å². The zero-order chi connectivity index (χ0) is 19.9. The maximum Gasteiger partial charge on any atom is 0.246 e. The molecular formula is C19H21N5O3S. The maximum atomic E-state index is 13.1. The van der Waals surface area contributed by atoms with Crippen molar-refractivity contribution >= 4 is 15.7 Å². The smallest absolute Gasteiger partial charge is 0.246 e. The average Bonchev–Trinajstić information content (AvgIpc) is 3.35. The summed E-state index contributed by atoms with van der Waals surface area (Å²) in [4.78, 5) is 4.79. The van der Waals surface area contributed by atoms with Crippen molar-refractivity contribution in [1.82, 2.24) is 23.5 Å². The van der Waals surface area contributed by atoms with Gasteiger partial charge in [-0.25, -0.2) is 13.4 Å². The van der Waals surface area contributed by atoms with Gasteiger partial charge in [-0.1, -0.05) is 6.07 Å². The van der Waals surface area contributed by atoms with Crippen LogP contribution in [0, 0.1) is 13.8 Å². The van der Waals surface area contributed by atoms with Crippen LogP contribution in [0.1, 0.15) is 22.8 Å². The minimum Gasteiger partial charge on any atom is -0.468 e. The summed E-state index contributed by atoms with van der Waals surface area (Å²) < 4.78 is 36.4. The predicted octanol–water partition coefficient (Wildman–Crippen LogP) is 2.61. The number of aromatic nitrogens is 4. The van der Waals surface area contributed by atoms with E-state index < -0.39 is 10.0 Å². The molecule has 0 aliphatic heterocycles. The van der Waals surface area contributed by atoms with Gasteiger partial charge in [-0.2, -0.15) is 9.40 Å². The normalized spacial score (nSPS) is 12.3. The topological polar surface area (TPSA) is 85.6 Å². The number of fused-ring (bicyclic) bond motifs is 1. The highest BCUT2D eigenvalue weighted by Gasteiger charge is 2.29. The molecule has 0 saturated heterocycles. The molecule has 0 aromatic carbocycles. The van der Waals surface area contributed by atoms with Crippen molar-refractivity contribution in [3.05, 3.63) is 71.8 Å². The van der Waals surface area contributed by atoms with Gasteiger partial charge in [0.2, 0.25) is 10.0 Å². The number of hydrogen-bond donors (Lipinski definition) is 0. The number of hydrogen-bond acceptors (Lipinski definition) is 5. The Morgan fingerprint density at radius 2 is 2.00 bits per heavy atom. The van der Waals surface area contributed by atoms with Crippen LogP contribution in [0.2, 0.25) is 0 Å². The first-order chi connectivity index (χ1) is 13.4. The monoisotopic (exact) mass is 399 g/mol. The Hall–Kier alpha value is -2.91. The fourth-order valence-electron chi connectivity index (χ4n) is 3.29. The van der Waals surface area contributed by atoms with Gasteiger partial charge in [0.25, 0.3) is 0 Å². The molecule has 28 heavy (non-hydrogen) atoms. The van der Waals surface area contributed by atoms with Gasteiger partial charge in [-0.15, -0.1) is 0 Å². The summed E-state index contributed by atoms with van der Waals surface area (Å²) in [7, 11) is -2.17. The molecular weight excluding hydrogens is 378 g/mol. The van der Waals surface area contributed by atoms with Crippen molar-refractivity contribution < 1.29 is 12.8 Å². The number of rotatable bonds is 6. The van der Waals surface area contributed by atoms with Gasteiger partial charge < -0.3 is 8.82 Å². The lowest BCUT2D eigenvalue weighted by Gasteiger charge is -2.16. The first kappa shape index (κ1) is 18.5. The standard InChI is InChI=1S/C19H21N5O3S/c1-14-19(28(25,26)22(3)13-17-7-6-10-27-17)15(2)24(21-14)12-16-11-23-9-5-4-8-18(23)20-16/h4-11H,12-13H2,1-3H3. The number of furan rings is 1. The van der Waals surface area contributed by atoms with E-state index in [1.807, 2.05) is 35.0 Å². The van der Waals surface area contributed by atoms with E-state index in [0.29, 0.717) is 23.7 Å². The van der Waals surface area contributed by atoms with Crippen LogP contribution < -0.4 is 0 Å². The zero-order valence-corrected chi connectivity index (χ0v) is 16.7. The number of imidazole rings is 1. The van der Waals surface area contributed by atoms with Crippen molar-refractivity contribution in [2.24, 2.45) is 0 Å². The van der Waals surface area contributed by atoms with Crippen LogP contribution >= 0.6 is 0 Å². The maximum absolute atomic E-state index is 13.1. The Morgan fingerprint density at radius 3 is 2.71 bits per heavy atom. The molecule has 0 unspecified atom stereocenters. The van der Waals surface area contributed by atoms with Gasteiger partial charge in [-0.3, -0.25) is 4.68 Å². The molecule has 146 valence electrons. The Morgan fingerprint density at radius 1 is 1.18 bits per heavy atom. The summed E-state index contributed by atoms with van der Waals surface area (Å²) >= 11 is 0. The van der Waals surface area contributed by atoms with Gasteiger partial charge in [0.1, 0.15) is 16.3 Å². The Kier molecular flexibility index (Phi) is 4.56. The number of nitrogens with zero attached hydrogens (tertiary/aromatic N) is 5. The molecule has 0 spiro atoms.